The molecule has 1 aliphatic rings. The third-order valence-corrected chi connectivity index (χ3v) is 11.3. The van der Waals surface area contributed by atoms with Crippen molar-refractivity contribution in [3.8, 4) is 62.1 Å². The Balaban J connectivity index is 1.10. The van der Waals surface area contributed by atoms with Crippen LogP contribution in [-0.4, -0.2) is 19.5 Å². The summed E-state index contributed by atoms with van der Waals surface area (Å²) in [5.41, 5.74) is 14.4. The van der Waals surface area contributed by atoms with Gasteiger partial charge in [-0.3, -0.25) is 0 Å². The second-order valence-electron chi connectivity index (χ2n) is 14.9. The van der Waals surface area contributed by atoms with Gasteiger partial charge in [0.15, 0.2) is 17.5 Å². The maximum absolute atomic E-state index is 6.04. The molecule has 0 spiro atoms. The predicted octanol–water partition coefficient (Wildman–Crippen LogP) is 12.7. The van der Waals surface area contributed by atoms with Crippen LogP contribution in [0.25, 0.3) is 94.9 Å². The normalized spacial score (nSPS) is 13.1. The molecule has 5 nitrogen and oxygen atoms in total. The quantitative estimate of drug-likeness (QED) is 0.179. The molecule has 0 saturated heterocycles. The molecule has 0 fully saturated rings. The van der Waals surface area contributed by atoms with Gasteiger partial charge in [-0.25, -0.2) is 15.0 Å². The number of rotatable bonds is 5. The number of nitrogens with zero attached hydrogens (tertiary/aromatic N) is 4. The molecule has 55 heavy (non-hydrogen) atoms. The van der Waals surface area contributed by atoms with Crippen molar-refractivity contribution in [2.45, 2.75) is 19.3 Å². The van der Waals surface area contributed by atoms with Crippen molar-refractivity contribution in [2.75, 3.05) is 0 Å². The van der Waals surface area contributed by atoms with Gasteiger partial charge in [0.05, 0.1) is 17.3 Å². The largest absolute Gasteiger partial charge is 0.464 e. The molecule has 10 aromatic rings. The maximum atomic E-state index is 6.04. The average molecular weight is 707 g/mol. The second kappa shape index (κ2) is 12.0. The zero-order chi connectivity index (χ0) is 36.7. The van der Waals surface area contributed by atoms with E-state index in [9.17, 15) is 0 Å². The Kier molecular flexibility index (Phi) is 6.83. The SMILES string of the molecule is CC1(C)c2cc(-c3ccc4c(c3)c3cc(-c5nc(-c6ccccc6)nc(-c6ccccc6)n5)ccc3n4-c3ccccc3)ccc2-c2c1ccc1ccoc21. The number of furan rings is 1. The fourth-order valence-electron chi connectivity index (χ4n) is 8.56. The van der Waals surface area contributed by atoms with Gasteiger partial charge in [0.2, 0.25) is 0 Å². The molecule has 0 aliphatic heterocycles. The third-order valence-electron chi connectivity index (χ3n) is 11.3. The highest BCUT2D eigenvalue weighted by Gasteiger charge is 2.37. The first-order valence-electron chi connectivity index (χ1n) is 18.7. The van der Waals surface area contributed by atoms with E-state index in [0.717, 1.165) is 49.8 Å². The van der Waals surface area contributed by atoms with Gasteiger partial charge < -0.3 is 8.98 Å². The fourth-order valence-corrected chi connectivity index (χ4v) is 8.56. The molecule has 0 saturated carbocycles. The molecule has 0 unspecified atom stereocenters. The van der Waals surface area contributed by atoms with Gasteiger partial charge in [0, 0.05) is 49.5 Å². The number of para-hydroxylation sites is 1. The standard InChI is InChI=1S/C50H34N4O/c1-50(2)41-23-19-31-26-27-55-46(31)45(41)38-22-18-35(30-42(38)50)34-20-24-43-39(28-34)40-29-36(21-25-44(40)54(43)37-16-10-5-11-17-37)49-52-47(32-12-6-3-7-13-32)51-48(53-49)33-14-8-4-9-15-33/h3-30H,1-2H3. The topological polar surface area (TPSA) is 56.7 Å². The first-order chi connectivity index (χ1) is 27.0. The molecule has 260 valence electrons. The third kappa shape index (κ3) is 4.90. The van der Waals surface area contributed by atoms with Gasteiger partial charge in [-0.2, -0.15) is 0 Å². The summed E-state index contributed by atoms with van der Waals surface area (Å²) < 4.78 is 8.39. The highest BCUT2D eigenvalue weighted by atomic mass is 16.3. The van der Waals surface area contributed by atoms with E-state index in [2.05, 4.69) is 115 Å². The van der Waals surface area contributed by atoms with E-state index in [1.54, 1.807) is 6.26 Å². The second-order valence-corrected chi connectivity index (χ2v) is 14.9. The molecular weight excluding hydrogens is 673 g/mol. The lowest BCUT2D eigenvalue weighted by atomic mass is 9.81. The smallest absolute Gasteiger partial charge is 0.164 e. The Labute approximate surface area is 318 Å². The van der Waals surface area contributed by atoms with Crippen LogP contribution >= 0.6 is 0 Å². The van der Waals surface area contributed by atoms with Gasteiger partial charge >= 0.3 is 0 Å². The van der Waals surface area contributed by atoms with Crippen LogP contribution in [0.3, 0.4) is 0 Å². The van der Waals surface area contributed by atoms with Crippen molar-refractivity contribution in [1.82, 2.24) is 19.5 Å². The average Bonchev–Trinajstić information content (AvgIpc) is 3.92. The summed E-state index contributed by atoms with van der Waals surface area (Å²) in [4.78, 5) is 15.0. The Morgan fingerprint density at radius 3 is 1.67 bits per heavy atom. The molecule has 3 heterocycles. The van der Waals surface area contributed by atoms with Gasteiger partial charge in [-0.05, 0) is 82.4 Å². The molecule has 0 radical (unpaired) electrons. The molecule has 0 amide bonds. The summed E-state index contributed by atoms with van der Waals surface area (Å²) in [5, 5.41) is 3.44. The molecule has 7 aromatic carbocycles. The summed E-state index contributed by atoms with van der Waals surface area (Å²) in [6.07, 6.45) is 1.79. The predicted molar refractivity (Wildman–Crippen MR) is 223 cm³/mol. The molecular formula is C50H34N4O. The summed E-state index contributed by atoms with van der Waals surface area (Å²) in [6, 6.07) is 57.7. The highest BCUT2D eigenvalue weighted by molar-refractivity contribution is 6.11. The Morgan fingerprint density at radius 1 is 0.473 bits per heavy atom. The van der Waals surface area contributed by atoms with Crippen LogP contribution in [0.4, 0.5) is 0 Å². The summed E-state index contributed by atoms with van der Waals surface area (Å²) in [7, 11) is 0. The minimum absolute atomic E-state index is 0.161. The molecule has 0 bridgehead atoms. The molecule has 3 aromatic heterocycles. The number of aromatic nitrogens is 4. The van der Waals surface area contributed by atoms with Crippen LogP contribution in [-0.2, 0) is 5.41 Å². The lowest BCUT2D eigenvalue weighted by molar-refractivity contribution is 0.614. The maximum Gasteiger partial charge on any atom is 0.164 e. The monoisotopic (exact) mass is 706 g/mol. The van der Waals surface area contributed by atoms with Gasteiger partial charge in [0.1, 0.15) is 5.58 Å². The number of hydrogen-bond donors (Lipinski definition) is 0. The Hall–Kier alpha value is -7.11. The summed E-state index contributed by atoms with van der Waals surface area (Å²) >= 11 is 0. The van der Waals surface area contributed by atoms with Gasteiger partial charge in [-0.15, -0.1) is 0 Å². The van der Waals surface area contributed by atoms with Crippen LogP contribution in [0.15, 0.2) is 174 Å². The number of benzene rings is 7. The first-order valence-corrected chi connectivity index (χ1v) is 18.7. The first kappa shape index (κ1) is 31.4. The molecule has 1 aliphatic carbocycles. The minimum Gasteiger partial charge on any atom is -0.464 e. The van der Waals surface area contributed by atoms with Gasteiger partial charge in [-0.1, -0.05) is 123 Å². The van der Waals surface area contributed by atoms with E-state index in [-0.39, 0.29) is 5.41 Å². The van der Waals surface area contributed by atoms with E-state index in [0.29, 0.717) is 17.5 Å². The molecule has 0 N–H and O–H groups in total. The van der Waals surface area contributed by atoms with Crippen LogP contribution in [0.1, 0.15) is 25.0 Å². The van der Waals surface area contributed by atoms with E-state index in [4.69, 9.17) is 19.4 Å². The lowest BCUT2D eigenvalue weighted by Gasteiger charge is -2.22. The summed E-state index contributed by atoms with van der Waals surface area (Å²) in [6.45, 7) is 4.64. The Bertz CT molecular complexity index is 3050. The zero-order valence-corrected chi connectivity index (χ0v) is 30.4. The lowest BCUT2D eigenvalue weighted by Crippen LogP contribution is -2.14. The number of hydrogen-bond acceptors (Lipinski definition) is 4. The summed E-state index contributed by atoms with van der Waals surface area (Å²) in [5.74, 6) is 1.93. The zero-order valence-electron chi connectivity index (χ0n) is 30.4. The van der Waals surface area contributed by atoms with Crippen molar-refractivity contribution < 1.29 is 4.42 Å². The van der Waals surface area contributed by atoms with Crippen LogP contribution in [0.5, 0.6) is 0 Å². The van der Waals surface area contributed by atoms with Crippen molar-refractivity contribution >= 4 is 32.8 Å². The van der Waals surface area contributed by atoms with E-state index in [1.165, 1.54) is 38.8 Å². The highest BCUT2D eigenvalue weighted by Crippen LogP contribution is 2.52. The fraction of sp³-hybridized carbons (Fsp3) is 0.0600. The Morgan fingerprint density at radius 2 is 1.02 bits per heavy atom. The van der Waals surface area contributed by atoms with Crippen LogP contribution in [0, 0.1) is 0 Å². The van der Waals surface area contributed by atoms with E-state index >= 15 is 0 Å². The van der Waals surface area contributed by atoms with Crippen molar-refractivity contribution in [3.05, 3.63) is 181 Å². The number of fused-ring (bicyclic) bond motifs is 8. The molecule has 11 rings (SSSR count). The van der Waals surface area contributed by atoms with Crippen LogP contribution in [0.2, 0.25) is 0 Å². The van der Waals surface area contributed by atoms with Crippen molar-refractivity contribution in [2.24, 2.45) is 0 Å². The van der Waals surface area contributed by atoms with Crippen molar-refractivity contribution in [1.29, 1.82) is 0 Å². The van der Waals surface area contributed by atoms with Gasteiger partial charge in [0.25, 0.3) is 0 Å². The van der Waals surface area contributed by atoms with E-state index in [1.807, 2.05) is 66.7 Å². The minimum atomic E-state index is -0.161. The van der Waals surface area contributed by atoms with Crippen molar-refractivity contribution in [3.63, 3.8) is 0 Å². The van der Waals surface area contributed by atoms with Crippen LogP contribution < -0.4 is 0 Å². The molecule has 0 atom stereocenters. The van der Waals surface area contributed by atoms with E-state index < -0.39 is 0 Å². The molecule has 5 heteroatoms.